The highest BCUT2D eigenvalue weighted by atomic mass is 16.5. The lowest BCUT2D eigenvalue weighted by Crippen LogP contribution is -2.36. The number of nitrogens with zero attached hydrogens (tertiary/aromatic N) is 4. The first kappa shape index (κ1) is 14.8. The van der Waals surface area contributed by atoms with Crippen LogP contribution in [0.2, 0.25) is 0 Å². The van der Waals surface area contributed by atoms with Gasteiger partial charge in [0.15, 0.2) is 0 Å². The van der Waals surface area contributed by atoms with E-state index in [0.717, 1.165) is 13.0 Å². The number of nitrogens with two attached hydrogens (primary N) is 1. The molecule has 2 N–H and O–H groups in total. The van der Waals surface area contributed by atoms with Gasteiger partial charge in [-0.1, -0.05) is 26.7 Å². The highest BCUT2D eigenvalue weighted by Gasteiger charge is 2.25. The van der Waals surface area contributed by atoms with Crippen LogP contribution in [0.15, 0.2) is 0 Å². The molecule has 0 aliphatic heterocycles. The van der Waals surface area contributed by atoms with Crippen LogP contribution in [0.1, 0.15) is 46.0 Å². The second-order valence-electron chi connectivity index (χ2n) is 5.79. The molecule has 1 aliphatic carbocycles. The molecule has 0 unspecified atom stereocenters. The number of rotatable bonds is 6. The number of ether oxygens (including phenoxy) is 1. The molecule has 0 saturated heterocycles. The van der Waals surface area contributed by atoms with Crippen LogP contribution >= 0.6 is 0 Å². The molecule has 1 aromatic rings. The fourth-order valence-electron chi connectivity index (χ4n) is 2.64. The zero-order valence-corrected chi connectivity index (χ0v) is 12.7. The minimum absolute atomic E-state index is 0.222. The Bertz CT molecular complexity index is 432. The Hall–Kier alpha value is -1.59. The fourth-order valence-corrected chi connectivity index (χ4v) is 2.64. The number of nitrogen functional groups attached to an aromatic ring is 1. The van der Waals surface area contributed by atoms with Gasteiger partial charge in [0.25, 0.3) is 0 Å². The van der Waals surface area contributed by atoms with Crippen LogP contribution < -0.4 is 15.4 Å². The summed E-state index contributed by atoms with van der Waals surface area (Å²) in [5.74, 6) is 1.53. The third-order valence-electron chi connectivity index (χ3n) is 3.77. The Morgan fingerprint density at radius 2 is 1.95 bits per heavy atom. The summed E-state index contributed by atoms with van der Waals surface area (Å²) < 4.78 is 5.11. The summed E-state index contributed by atoms with van der Waals surface area (Å²) in [7, 11) is 1.55. The van der Waals surface area contributed by atoms with Gasteiger partial charge in [0.05, 0.1) is 7.11 Å². The summed E-state index contributed by atoms with van der Waals surface area (Å²) in [6, 6.07) is 0.806. The third-order valence-corrected chi connectivity index (χ3v) is 3.77. The zero-order chi connectivity index (χ0) is 14.5. The normalized spacial score (nSPS) is 15.8. The van der Waals surface area contributed by atoms with Crippen molar-refractivity contribution in [2.75, 3.05) is 24.3 Å². The minimum atomic E-state index is 0.222. The second kappa shape index (κ2) is 6.72. The van der Waals surface area contributed by atoms with Gasteiger partial charge in [-0.15, -0.1) is 0 Å². The first-order valence-electron chi connectivity index (χ1n) is 7.42. The van der Waals surface area contributed by atoms with E-state index in [1.807, 2.05) is 0 Å². The number of hydrogen-bond acceptors (Lipinski definition) is 6. The summed E-state index contributed by atoms with van der Waals surface area (Å²) in [4.78, 5) is 14.9. The first-order valence-corrected chi connectivity index (χ1v) is 7.42. The van der Waals surface area contributed by atoms with Crippen LogP contribution in [0.4, 0.5) is 11.9 Å². The molecule has 1 fully saturated rings. The standard InChI is InChI=1S/C14H25N5O/c1-10(2)8-9-19(11-6-4-5-7-11)13-16-12(15)17-14(18-13)20-3/h10-11H,4-9H2,1-3H3,(H2,15,16,17,18). The minimum Gasteiger partial charge on any atom is -0.467 e. The number of methoxy groups -OCH3 is 1. The average molecular weight is 279 g/mol. The van der Waals surface area contributed by atoms with E-state index in [-0.39, 0.29) is 5.95 Å². The summed E-state index contributed by atoms with van der Waals surface area (Å²) in [6.45, 7) is 5.42. The van der Waals surface area contributed by atoms with E-state index in [2.05, 4.69) is 33.7 Å². The fraction of sp³-hybridized carbons (Fsp3) is 0.786. The molecule has 112 valence electrons. The Labute approximate surface area is 120 Å². The average Bonchev–Trinajstić information content (AvgIpc) is 2.92. The molecule has 1 aromatic heterocycles. The maximum Gasteiger partial charge on any atom is 0.322 e. The van der Waals surface area contributed by atoms with E-state index in [4.69, 9.17) is 10.5 Å². The lowest BCUT2D eigenvalue weighted by Gasteiger charge is -2.29. The van der Waals surface area contributed by atoms with Crippen LogP contribution in [0.3, 0.4) is 0 Å². The molecule has 0 spiro atoms. The molecule has 6 heteroatoms. The first-order chi connectivity index (χ1) is 9.60. The Kier molecular flexibility index (Phi) is 4.98. The van der Waals surface area contributed by atoms with Crippen molar-refractivity contribution in [1.82, 2.24) is 15.0 Å². The van der Waals surface area contributed by atoms with E-state index in [1.54, 1.807) is 7.11 Å². The van der Waals surface area contributed by atoms with Gasteiger partial charge in [0.1, 0.15) is 0 Å². The van der Waals surface area contributed by atoms with Crippen molar-refractivity contribution >= 4 is 11.9 Å². The van der Waals surface area contributed by atoms with Gasteiger partial charge in [0.2, 0.25) is 11.9 Å². The lowest BCUT2D eigenvalue weighted by atomic mass is 10.1. The smallest absolute Gasteiger partial charge is 0.322 e. The topological polar surface area (TPSA) is 77.2 Å². The van der Waals surface area contributed by atoms with Crippen molar-refractivity contribution in [3.8, 4) is 6.01 Å². The summed E-state index contributed by atoms with van der Waals surface area (Å²) in [6.07, 6.45) is 6.07. The van der Waals surface area contributed by atoms with E-state index < -0.39 is 0 Å². The van der Waals surface area contributed by atoms with Crippen molar-refractivity contribution in [2.45, 2.75) is 52.0 Å². The van der Waals surface area contributed by atoms with Crippen molar-refractivity contribution in [2.24, 2.45) is 5.92 Å². The quantitative estimate of drug-likeness (QED) is 0.860. The van der Waals surface area contributed by atoms with Crippen LogP contribution in [-0.2, 0) is 0 Å². The van der Waals surface area contributed by atoms with Crippen LogP contribution in [-0.4, -0.2) is 34.6 Å². The molecule has 0 radical (unpaired) electrons. The molecule has 0 amide bonds. The van der Waals surface area contributed by atoms with Crippen LogP contribution in [0.25, 0.3) is 0 Å². The van der Waals surface area contributed by atoms with Crippen LogP contribution in [0.5, 0.6) is 6.01 Å². The number of anilines is 2. The predicted molar refractivity (Wildman–Crippen MR) is 79.8 cm³/mol. The molecule has 0 atom stereocenters. The number of hydrogen-bond donors (Lipinski definition) is 1. The van der Waals surface area contributed by atoms with E-state index in [1.165, 1.54) is 25.7 Å². The van der Waals surface area contributed by atoms with Gasteiger partial charge in [-0.25, -0.2) is 0 Å². The van der Waals surface area contributed by atoms with Crippen molar-refractivity contribution < 1.29 is 4.74 Å². The molecule has 6 nitrogen and oxygen atoms in total. The second-order valence-corrected chi connectivity index (χ2v) is 5.79. The Morgan fingerprint density at radius 1 is 1.25 bits per heavy atom. The summed E-state index contributed by atoms with van der Waals surface area (Å²) in [5, 5.41) is 0. The molecule has 1 aliphatic rings. The number of aromatic nitrogens is 3. The van der Waals surface area contributed by atoms with E-state index >= 15 is 0 Å². The third kappa shape index (κ3) is 3.71. The van der Waals surface area contributed by atoms with Gasteiger partial charge in [-0.3, -0.25) is 0 Å². The zero-order valence-electron chi connectivity index (χ0n) is 12.7. The van der Waals surface area contributed by atoms with Gasteiger partial charge in [0, 0.05) is 12.6 Å². The van der Waals surface area contributed by atoms with Crippen LogP contribution in [0, 0.1) is 5.92 Å². The van der Waals surface area contributed by atoms with Gasteiger partial charge in [-0.2, -0.15) is 15.0 Å². The highest BCUT2D eigenvalue weighted by molar-refractivity contribution is 5.37. The maximum atomic E-state index is 5.76. The summed E-state index contributed by atoms with van der Waals surface area (Å²) in [5.41, 5.74) is 5.76. The van der Waals surface area contributed by atoms with Gasteiger partial charge in [-0.05, 0) is 25.2 Å². The molecule has 1 heterocycles. The molecule has 0 bridgehead atoms. The van der Waals surface area contributed by atoms with Crippen molar-refractivity contribution in [3.63, 3.8) is 0 Å². The summed E-state index contributed by atoms with van der Waals surface area (Å²) >= 11 is 0. The largest absolute Gasteiger partial charge is 0.467 e. The predicted octanol–water partition coefficient (Wildman–Crippen LogP) is 2.26. The molecular formula is C14H25N5O. The molecule has 1 saturated carbocycles. The van der Waals surface area contributed by atoms with E-state index in [9.17, 15) is 0 Å². The molecule has 2 rings (SSSR count). The molecular weight excluding hydrogens is 254 g/mol. The van der Waals surface area contributed by atoms with Gasteiger partial charge < -0.3 is 15.4 Å². The maximum absolute atomic E-state index is 5.76. The Balaban J connectivity index is 2.22. The van der Waals surface area contributed by atoms with Crippen molar-refractivity contribution in [3.05, 3.63) is 0 Å². The monoisotopic (exact) mass is 279 g/mol. The van der Waals surface area contributed by atoms with Crippen molar-refractivity contribution in [1.29, 1.82) is 0 Å². The van der Waals surface area contributed by atoms with E-state index in [0.29, 0.717) is 23.9 Å². The Morgan fingerprint density at radius 3 is 2.55 bits per heavy atom. The molecule has 20 heavy (non-hydrogen) atoms. The SMILES string of the molecule is COc1nc(N)nc(N(CCC(C)C)C2CCCC2)n1. The molecule has 0 aromatic carbocycles. The highest BCUT2D eigenvalue weighted by Crippen LogP contribution is 2.27. The lowest BCUT2D eigenvalue weighted by molar-refractivity contribution is 0.378. The van der Waals surface area contributed by atoms with Gasteiger partial charge >= 0.3 is 6.01 Å².